The van der Waals surface area contributed by atoms with Gasteiger partial charge >= 0.3 is 0 Å². The van der Waals surface area contributed by atoms with Gasteiger partial charge in [-0.15, -0.1) is 0 Å². The maximum atomic E-state index is 13.2. The number of nitrogens with zero attached hydrogens (tertiary/aromatic N) is 5. The summed E-state index contributed by atoms with van der Waals surface area (Å²) in [5, 5.41) is 4.50. The van der Waals surface area contributed by atoms with Crippen molar-refractivity contribution in [3.63, 3.8) is 0 Å². The molecule has 26 heavy (non-hydrogen) atoms. The summed E-state index contributed by atoms with van der Waals surface area (Å²) in [5.74, 6) is 0.0776. The molecule has 6 nitrogen and oxygen atoms in total. The standard InChI is InChI=1S/C20H23N5O/c1-2-19-18(13-22-25(19)16-7-4-3-5-8-16)20(26)23-11-6-9-17(14-23)24-12-10-21-15-24/h3-5,7-8,10,12-13,15,17H,2,6,9,11,14H2,1H3/t17-/m1/s1. The number of carbonyl (C=O) groups excluding carboxylic acids is 1. The molecule has 2 aromatic heterocycles. The topological polar surface area (TPSA) is 56.0 Å². The second-order valence-electron chi connectivity index (χ2n) is 6.66. The first-order chi connectivity index (χ1) is 12.8. The van der Waals surface area contributed by atoms with E-state index in [9.17, 15) is 4.79 Å². The fraction of sp³-hybridized carbons (Fsp3) is 0.350. The van der Waals surface area contributed by atoms with Crippen molar-refractivity contribution in [1.29, 1.82) is 0 Å². The number of hydrogen-bond donors (Lipinski definition) is 0. The van der Waals surface area contributed by atoms with E-state index < -0.39 is 0 Å². The van der Waals surface area contributed by atoms with Gasteiger partial charge in [0.05, 0.1) is 35.5 Å². The molecule has 1 atom stereocenters. The van der Waals surface area contributed by atoms with E-state index in [-0.39, 0.29) is 5.91 Å². The lowest BCUT2D eigenvalue weighted by Gasteiger charge is -2.33. The molecule has 0 bridgehead atoms. The third-order valence-electron chi connectivity index (χ3n) is 5.07. The highest BCUT2D eigenvalue weighted by Crippen LogP contribution is 2.24. The number of amides is 1. The van der Waals surface area contributed by atoms with Crippen LogP contribution in [0.5, 0.6) is 0 Å². The molecule has 1 fully saturated rings. The van der Waals surface area contributed by atoms with Crippen LogP contribution in [0.15, 0.2) is 55.2 Å². The van der Waals surface area contributed by atoms with Crippen molar-refractivity contribution in [1.82, 2.24) is 24.2 Å². The van der Waals surface area contributed by atoms with Crippen LogP contribution in [-0.2, 0) is 6.42 Å². The molecule has 0 spiro atoms. The summed E-state index contributed by atoms with van der Waals surface area (Å²) in [7, 11) is 0. The molecule has 6 heteroatoms. The first-order valence-corrected chi connectivity index (χ1v) is 9.17. The van der Waals surface area contributed by atoms with Crippen molar-refractivity contribution in [3.05, 3.63) is 66.5 Å². The second-order valence-corrected chi connectivity index (χ2v) is 6.66. The largest absolute Gasteiger partial charge is 0.336 e. The number of carbonyl (C=O) groups is 1. The molecule has 0 saturated carbocycles. The Bertz CT molecular complexity index is 869. The van der Waals surface area contributed by atoms with Crippen molar-refractivity contribution < 1.29 is 4.79 Å². The Labute approximate surface area is 153 Å². The van der Waals surface area contributed by atoms with Gasteiger partial charge in [-0.2, -0.15) is 5.10 Å². The highest BCUT2D eigenvalue weighted by Gasteiger charge is 2.28. The van der Waals surface area contributed by atoms with Crippen LogP contribution in [0.1, 0.15) is 41.9 Å². The van der Waals surface area contributed by atoms with E-state index in [2.05, 4.69) is 21.6 Å². The van der Waals surface area contributed by atoms with E-state index in [1.54, 1.807) is 12.4 Å². The van der Waals surface area contributed by atoms with E-state index in [0.29, 0.717) is 11.6 Å². The molecule has 1 aliphatic heterocycles. The van der Waals surface area contributed by atoms with Gasteiger partial charge < -0.3 is 9.47 Å². The van der Waals surface area contributed by atoms with Crippen molar-refractivity contribution in [2.75, 3.05) is 13.1 Å². The third kappa shape index (κ3) is 3.03. The summed E-state index contributed by atoms with van der Waals surface area (Å²) in [6.45, 7) is 3.58. The van der Waals surface area contributed by atoms with E-state index in [4.69, 9.17) is 0 Å². The highest BCUT2D eigenvalue weighted by molar-refractivity contribution is 5.95. The maximum absolute atomic E-state index is 13.2. The normalized spacial score (nSPS) is 17.4. The Morgan fingerprint density at radius 1 is 1.27 bits per heavy atom. The minimum atomic E-state index is 0.0776. The van der Waals surface area contributed by atoms with Crippen LogP contribution >= 0.6 is 0 Å². The number of likely N-dealkylation sites (tertiary alicyclic amines) is 1. The zero-order valence-electron chi connectivity index (χ0n) is 15.0. The average molecular weight is 349 g/mol. The van der Waals surface area contributed by atoms with Crippen LogP contribution in [0.2, 0.25) is 0 Å². The molecule has 0 unspecified atom stereocenters. The Morgan fingerprint density at radius 3 is 2.85 bits per heavy atom. The molecule has 4 rings (SSSR count). The number of aromatic nitrogens is 4. The fourth-order valence-corrected chi connectivity index (χ4v) is 3.72. The molecule has 3 heterocycles. The summed E-state index contributed by atoms with van der Waals surface area (Å²) in [6, 6.07) is 10.3. The van der Waals surface area contributed by atoms with Gasteiger partial charge in [-0.05, 0) is 31.4 Å². The summed E-state index contributed by atoms with van der Waals surface area (Å²) in [5.41, 5.74) is 2.66. The lowest BCUT2D eigenvalue weighted by molar-refractivity contribution is 0.0678. The van der Waals surface area contributed by atoms with Gasteiger partial charge in [-0.1, -0.05) is 25.1 Å². The molecular weight excluding hydrogens is 326 g/mol. The summed E-state index contributed by atoms with van der Waals surface area (Å²) < 4.78 is 3.98. The predicted octanol–water partition coefficient (Wildman–Crippen LogP) is 3.11. The zero-order valence-corrected chi connectivity index (χ0v) is 15.0. The molecule has 3 aromatic rings. The fourth-order valence-electron chi connectivity index (χ4n) is 3.72. The van der Waals surface area contributed by atoms with Crippen LogP contribution in [0.3, 0.4) is 0 Å². The summed E-state index contributed by atoms with van der Waals surface area (Å²) >= 11 is 0. The van der Waals surface area contributed by atoms with Crippen molar-refractivity contribution >= 4 is 5.91 Å². The molecular formula is C20H23N5O. The third-order valence-corrected chi connectivity index (χ3v) is 5.07. The Morgan fingerprint density at radius 2 is 2.12 bits per heavy atom. The highest BCUT2D eigenvalue weighted by atomic mass is 16.2. The average Bonchev–Trinajstić information content (AvgIpc) is 3.38. The van der Waals surface area contributed by atoms with Crippen LogP contribution in [0.25, 0.3) is 5.69 Å². The zero-order chi connectivity index (χ0) is 17.9. The maximum Gasteiger partial charge on any atom is 0.257 e. The van der Waals surface area contributed by atoms with Gasteiger partial charge in [0.25, 0.3) is 5.91 Å². The summed E-state index contributed by atoms with van der Waals surface area (Å²) in [4.78, 5) is 19.3. The van der Waals surface area contributed by atoms with Crippen molar-refractivity contribution in [2.24, 2.45) is 0 Å². The smallest absolute Gasteiger partial charge is 0.257 e. The van der Waals surface area contributed by atoms with Crippen LogP contribution < -0.4 is 0 Å². The first kappa shape index (κ1) is 16.6. The van der Waals surface area contributed by atoms with Gasteiger partial charge in [0, 0.05) is 25.5 Å². The SMILES string of the molecule is CCc1c(C(=O)N2CCC[C@@H](n3ccnc3)C2)cnn1-c1ccccc1. The van der Waals surface area contributed by atoms with E-state index in [0.717, 1.165) is 43.7 Å². The molecule has 1 aromatic carbocycles. The molecule has 0 N–H and O–H groups in total. The molecule has 1 aliphatic rings. The Hall–Kier alpha value is -2.89. The minimum absolute atomic E-state index is 0.0776. The van der Waals surface area contributed by atoms with E-state index in [1.807, 2.05) is 52.4 Å². The molecule has 0 radical (unpaired) electrons. The van der Waals surface area contributed by atoms with E-state index >= 15 is 0 Å². The molecule has 1 saturated heterocycles. The van der Waals surface area contributed by atoms with Gasteiger partial charge in [0.1, 0.15) is 0 Å². The lowest BCUT2D eigenvalue weighted by atomic mass is 10.0. The van der Waals surface area contributed by atoms with Gasteiger partial charge in [0.15, 0.2) is 0 Å². The first-order valence-electron chi connectivity index (χ1n) is 9.17. The second kappa shape index (κ2) is 7.15. The van der Waals surface area contributed by atoms with Crippen LogP contribution in [0, 0.1) is 0 Å². The van der Waals surface area contributed by atoms with Crippen molar-refractivity contribution in [2.45, 2.75) is 32.2 Å². The Balaban J connectivity index is 1.59. The number of rotatable bonds is 4. The number of benzene rings is 1. The molecule has 1 amide bonds. The lowest BCUT2D eigenvalue weighted by Crippen LogP contribution is -2.40. The number of piperidine rings is 1. The number of imidazole rings is 1. The monoisotopic (exact) mass is 349 g/mol. The number of para-hydroxylation sites is 1. The number of hydrogen-bond acceptors (Lipinski definition) is 3. The Kier molecular flexibility index (Phi) is 4.56. The molecule has 134 valence electrons. The molecule has 0 aliphatic carbocycles. The van der Waals surface area contributed by atoms with Crippen LogP contribution in [0.4, 0.5) is 0 Å². The predicted molar refractivity (Wildman–Crippen MR) is 99.3 cm³/mol. The van der Waals surface area contributed by atoms with Gasteiger partial charge in [-0.3, -0.25) is 4.79 Å². The summed E-state index contributed by atoms with van der Waals surface area (Å²) in [6.07, 6.45) is 10.2. The van der Waals surface area contributed by atoms with E-state index in [1.165, 1.54) is 0 Å². The minimum Gasteiger partial charge on any atom is -0.336 e. The van der Waals surface area contributed by atoms with Crippen molar-refractivity contribution in [3.8, 4) is 5.69 Å². The van der Waals surface area contributed by atoms with Crippen LogP contribution in [-0.4, -0.2) is 43.2 Å². The quantitative estimate of drug-likeness (QED) is 0.727. The van der Waals surface area contributed by atoms with Gasteiger partial charge in [0.2, 0.25) is 0 Å². The van der Waals surface area contributed by atoms with Gasteiger partial charge in [-0.25, -0.2) is 9.67 Å².